The van der Waals surface area contributed by atoms with Crippen LogP contribution < -0.4 is 0 Å². The molecule has 2 nitrogen and oxygen atoms in total. The Hall–Kier alpha value is -6.25. The summed E-state index contributed by atoms with van der Waals surface area (Å²) in [6, 6.07) is 59.9. The highest BCUT2D eigenvalue weighted by atomic mass is 15.0. The lowest BCUT2D eigenvalue weighted by atomic mass is 9.81. The topological polar surface area (TPSA) is 17.8 Å². The van der Waals surface area contributed by atoms with Crippen molar-refractivity contribution in [1.82, 2.24) is 9.55 Å². The van der Waals surface area contributed by atoms with Gasteiger partial charge in [-0.05, 0) is 92.4 Å². The first-order valence-electron chi connectivity index (χ1n) is 17.4. The Kier molecular flexibility index (Phi) is 6.25. The summed E-state index contributed by atoms with van der Waals surface area (Å²) in [5.41, 5.74) is 16.1. The molecule has 50 heavy (non-hydrogen) atoms. The maximum absolute atomic E-state index is 4.73. The molecule has 0 N–H and O–H groups in total. The minimum Gasteiger partial charge on any atom is -0.309 e. The average Bonchev–Trinajstić information content (AvgIpc) is 3.62. The number of benzene rings is 7. The van der Waals surface area contributed by atoms with E-state index >= 15 is 0 Å². The fourth-order valence-corrected chi connectivity index (χ4v) is 8.29. The molecule has 7 aromatic carbocycles. The van der Waals surface area contributed by atoms with E-state index in [1.165, 1.54) is 77.1 Å². The Morgan fingerprint density at radius 1 is 0.440 bits per heavy atom. The van der Waals surface area contributed by atoms with Gasteiger partial charge in [-0.3, -0.25) is 4.98 Å². The maximum Gasteiger partial charge on any atom is 0.0780 e. The van der Waals surface area contributed by atoms with Crippen LogP contribution in [0.3, 0.4) is 0 Å². The van der Waals surface area contributed by atoms with Gasteiger partial charge in [0.05, 0.1) is 16.7 Å². The molecule has 0 amide bonds. The summed E-state index contributed by atoms with van der Waals surface area (Å²) >= 11 is 0. The van der Waals surface area contributed by atoms with E-state index in [9.17, 15) is 0 Å². The molecule has 0 spiro atoms. The van der Waals surface area contributed by atoms with Crippen LogP contribution in [0.5, 0.6) is 0 Å². The normalized spacial score (nSPS) is 13.2. The Balaban J connectivity index is 1.01. The largest absolute Gasteiger partial charge is 0.309 e. The van der Waals surface area contributed by atoms with Gasteiger partial charge in [0.1, 0.15) is 0 Å². The van der Waals surface area contributed by atoms with Crippen molar-refractivity contribution >= 4 is 32.6 Å². The molecule has 2 heterocycles. The van der Waals surface area contributed by atoms with Gasteiger partial charge in [0.15, 0.2) is 0 Å². The smallest absolute Gasteiger partial charge is 0.0780 e. The lowest BCUT2D eigenvalue weighted by molar-refractivity contribution is 0.660. The molecule has 10 rings (SSSR count). The molecule has 0 saturated carbocycles. The molecule has 0 bridgehead atoms. The van der Waals surface area contributed by atoms with E-state index in [1.54, 1.807) is 0 Å². The van der Waals surface area contributed by atoms with Gasteiger partial charge in [0, 0.05) is 39.0 Å². The second kappa shape index (κ2) is 10.9. The van der Waals surface area contributed by atoms with Crippen LogP contribution >= 0.6 is 0 Å². The summed E-state index contributed by atoms with van der Waals surface area (Å²) in [4.78, 5) is 4.73. The molecule has 0 aliphatic heterocycles. The molecule has 236 valence electrons. The van der Waals surface area contributed by atoms with E-state index in [1.807, 2.05) is 6.20 Å². The van der Waals surface area contributed by atoms with Crippen LogP contribution in [-0.2, 0) is 5.41 Å². The van der Waals surface area contributed by atoms with Crippen molar-refractivity contribution in [2.45, 2.75) is 19.3 Å². The standard InChI is InChI=1S/C48H34N2/c1-48(2)43-13-7-5-11-39(43)40-25-21-36(30-44(40)48)32-19-23-37(24-20-32)50-45-14-8-6-12-41(45)42-29-35(22-26-46(42)50)31-15-17-34(18-16-31)47-38-10-4-3-9-33(38)27-28-49-47/h3-30H,1-2H3. The number of pyridine rings is 1. The number of hydrogen-bond donors (Lipinski definition) is 0. The lowest BCUT2D eigenvalue weighted by Gasteiger charge is -2.22. The summed E-state index contributed by atoms with van der Waals surface area (Å²) in [6.45, 7) is 4.69. The molecule has 9 aromatic rings. The first-order chi connectivity index (χ1) is 24.5. The Bertz CT molecular complexity index is 2760. The lowest BCUT2D eigenvalue weighted by Crippen LogP contribution is -2.14. The molecule has 0 radical (unpaired) electrons. The minimum atomic E-state index is -0.0142. The van der Waals surface area contributed by atoms with Crippen molar-refractivity contribution < 1.29 is 0 Å². The Morgan fingerprint density at radius 2 is 1.04 bits per heavy atom. The molecular weight excluding hydrogens is 605 g/mol. The summed E-state index contributed by atoms with van der Waals surface area (Å²) in [5.74, 6) is 0. The van der Waals surface area contributed by atoms with E-state index in [-0.39, 0.29) is 5.41 Å². The molecule has 2 aromatic heterocycles. The Labute approximate surface area is 291 Å². The minimum absolute atomic E-state index is 0.0142. The highest BCUT2D eigenvalue weighted by Gasteiger charge is 2.35. The molecule has 1 aliphatic carbocycles. The van der Waals surface area contributed by atoms with Crippen LogP contribution in [0, 0.1) is 0 Å². The van der Waals surface area contributed by atoms with E-state index in [4.69, 9.17) is 4.98 Å². The molecule has 0 unspecified atom stereocenters. The zero-order valence-corrected chi connectivity index (χ0v) is 28.1. The first kappa shape index (κ1) is 28.7. The van der Waals surface area contributed by atoms with E-state index < -0.39 is 0 Å². The van der Waals surface area contributed by atoms with Crippen molar-refractivity contribution in [3.63, 3.8) is 0 Å². The maximum atomic E-state index is 4.73. The van der Waals surface area contributed by atoms with E-state index in [0.717, 1.165) is 16.9 Å². The second-order valence-electron chi connectivity index (χ2n) is 14.0. The fraction of sp³-hybridized carbons (Fsp3) is 0.0625. The van der Waals surface area contributed by atoms with Gasteiger partial charge in [0.2, 0.25) is 0 Å². The van der Waals surface area contributed by atoms with E-state index in [0.29, 0.717) is 0 Å². The van der Waals surface area contributed by atoms with Gasteiger partial charge in [-0.25, -0.2) is 0 Å². The number of nitrogens with zero attached hydrogens (tertiary/aromatic N) is 2. The second-order valence-corrected chi connectivity index (χ2v) is 14.0. The van der Waals surface area contributed by atoms with Crippen LogP contribution in [0.15, 0.2) is 170 Å². The van der Waals surface area contributed by atoms with Crippen molar-refractivity contribution in [1.29, 1.82) is 0 Å². The number of aromatic nitrogens is 2. The van der Waals surface area contributed by atoms with Gasteiger partial charge < -0.3 is 4.57 Å². The SMILES string of the molecule is CC1(C)c2ccccc2-c2ccc(-c3ccc(-n4c5ccccc5c5cc(-c6ccc(-c7nccc8ccccc78)cc6)ccc54)cc3)cc21. The number of rotatable bonds is 4. The van der Waals surface area contributed by atoms with Gasteiger partial charge in [-0.2, -0.15) is 0 Å². The van der Waals surface area contributed by atoms with Crippen LogP contribution in [0.25, 0.3) is 82.9 Å². The quantitative estimate of drug-likeness (QED) is 0.188. The highest BCUT2D eigenvalue weighted by Crippen LogP contribution is 2.49. The predicted octanol–water partition coefficient (Wildman–Crippen LogP) is 12.6. The highest BCUT2D eigenvalue weighted by molar-refractivity contribution is 6.10. The third-order valence-corrected chi connectivity index (χ3v) is 10.9. The molecule has 1 aliphatic rings. The number of fused-ring (bicyclic) bond motifs is 7. The van der Waals surface area contributed by atoms with Crippen molar-refractivity contribution in [3.05, 3.63) is 181 Å². The van der Waals surface area contributed by atoms with Gasteiger partial charge in [-0.1, -0.05) is 135 Å². The summed E-state index contributed by atoms with van der Waals surface area (Å²) in [5, 5.41) is 4.89. The zero-order valence-electron chi connectivity index (χ0n) is 28.1. The third kappa shape index (κ3) is 4.32. The van der Waals surface area contributed by atoms with Crippen LogP contribution in [0.4, 0.5) is 0 Å². The molecule has 0 saturated heterocycles. The zero-order chi connectivity index (χ0) is 33.4. The van der Waals surface area contributed by atoms with E-state index in [2.05, 4.69) is 182 Å². The van der Waals surface area contributed by atoms with Gasteiger partial charge in [-0.15, -0.1) is 0 Å². The van der Waals surface area contributed by atoms with Crippen LogP contribution in [0.1, 0.15) is 25.0 Å². The first-order valence-corrected chi connectivity index (χ1v) is 17.4. The fourth-order valence-electron chi connectivity index (χ4n) is 8.29. The molecule has 0 fully saturated rings. The number of para-hydroxylation sites is 1. The third-order valence-electron chi connectivity index (χ3n) is 10.9. The van der Waals surface area contributed by atoms with Crippen molar-refractivity contribution in [2.24, 2.45) is 0 Å². The van der Waals surface area contributed by atoms with Gasteiger partial charge >= 0.3 is 0 Å². The predicted molar refractivity (Wildman–Crippen MR) is 210 cm³/mol. The summed E-state index contributed by atoms with van der Waals surface area (Å²) in [6.07, 6.45) is 1.90. The van der Waals surface area contributed by atoms with Crippen molar-refractivity contribution in [2.75, 3.05) is 0 Å². The van der Waals surface area contributed by atoms with Gasteiger partial charge in [0.25, 0.3) is 0 Å². The summed E-state index contributed by atoms with van der Waals surface area (Å²) < 4.78 is 2.40. The van der Waals surface area contributed by atoms with Crippen LogP contribution in [-0.4, -0.2) is 9.55 Å². The molecular formula is C48H34N2. The number of hydrogen-bond acceptors (Lipinski definition) is 1. The summed E-state index contributed by atoms with van der Waals surface area (Å²) in [7, 11) is 0. The monoisotopic (exact) mass is 638 g/mol. The molecule has 0 atom stereocenters. The Morgan fingerprint density at radius 3 is 1.88 bits per heavy atom. The molecule has 2 heteroatoms. The van der Waals surface area contributed by atoms with Crippen LogP contribution in [0.2, 0.25) is 0 Å². The average molecular weight is 639 g/mol. The van der Waals surface area contributed by atoms with Crippen molar-refractivity contribution in [3.8, 4) is 50.3 Å².